The highest BCUT2D eigenvalue weighted by molar-refractivity contribution is 8.00. The van der Waals surface area contributed by atoms with Crippen LogP contribution >= 0.6 is 11.8 Å². The van der Waals surface area contributed by atoms with E-state index in [1.807, 2.05) is 12.1 Å². The molecule has 34 heavy (non-hydrogen) atoms. The average Bonchev–Trinajstić information content (AvgIpc) is 3.33. The van der Waals surface area contributed by atoms with Crippen molar-refractivity contribution in [3.05, 3.63) is 60.0 Å². The molecule has 2 N–H and O–H groups in total. The van der Waals surface area contributed by atoms with E-state index >= 15 is 0 Å². The van der Waals surface area contributed by atoms with Crippen molar-refractivity contribution in [3.63, 3.8) is 0 Å². The number of nitrogens with one attached hydrogen (secondary N) is 2. The molecule has 3 aromatic rings. The number of thioether (sulfide) groups is 1. The lowest BCUT2D eigenvalue weighted by Gasteiger charge is -2.17. The minimum absolute atomic E-state index is 0.186. The van der Waals surface area contributed by atoms with Crippen LogP contribution in [0, 0.1) is 0 Å². The van der Waals surface area contributed by atoms with Gasteiger partial charge >= 0.3 is 0 Å². The first-order valence-electron chi connectivity index (χ1n) is 11.4. The Kier molecular flexibility index (Phi) is 7.84. The maximum absolute atomic E-state index is 12.6. The molecule has 178 valence electrons. The molecule has 2 aromatic carbocycles. The number of rotatable bonds is 8. The summed E-state index contributed by atoms with van der Waals surface area (Å²) in [6.07, 6.45) is 5.80. The molecule has 0 saturated heterocycles. The Morgan fingerprint density at radius 3 is 2.50 bits per heavy atom. The van der Waals surface area contributed by atoms with Crippen LogP contribution in [0.3, 0.4) is 0 Å². The van der Waals surface area contributed by atoms with E-state index in [4.69, 9.17) is 9.15 Å². The molecule has 8 nitrogen and oxygen atoms in total. The number of amides is 2. The van der Waals surface area contributed by atoms with Crippen molar-refractivity contribution in [2.75, 3.05) is 17.7 Å². The predicted octanol–water partition coefficient (Wildman–Crippen LogP) is 5.50. The second-order valence-electron chi connectivity index (χ2n) is 8.22. The Hall–Kier alpha value is -3.33. The van der Waals surface area contributed by atoms with Gasteiger partial charge in [0, 0.05) is 17.2 Å². The molecule has 1 aliphatic carbocycles. The summed E-state index contributed by atoms with van der Waals surface area (Å²) in [6.45, 7) is 1.79. The van der Waals surface area contributed by atoms with Crippen LogP contribution in [0.2, 0.25) is 0 Å². The van der Waals surface area contributed by atoms with E-state index in [2.05, 4.69) is 20.8 Å². The number of hydrogen-bond donors (Lipinski definition) is 2. The van der Waals surface area contributed by atoms with Gasteiger partial charge in [0.2, 0.25) is 11.8 Å². The average molecular weight is 481 g/mol. The third-order valence-corrected chi connectivity index (χ3v) is 6.73. The maximum atomic E-state index is 12.6. The summed E-state index contributed by atoms with van der Waals surface area (Å²) < 4.78 is 11.1. The van der Waals surface area contributed by atoms with Crippen molar-refractivity contribution in [2.24, 2.45) is 0 Å². The summed E-state index contributed by atoms with van der Waals surface area (Å²) >= 11 is 1.24. The SMILES string of the molecule is COc1ccccc1NC(=O)c1ccc(NC(=O)C(C)Sc2nnc(C3CCCCC3)o2)cc1. The van der Waals surface area contributed by atoms with Crippen molar-refractivity contribution in [1.29, 1.82) is 0 Å². The number of para-hydroxylation sites is 2. The molecular weight excluding hydrogens is 452 g/mol. The predicted molar refractivity (Wildman–Crippen MR) is 131 cm³/mol. The highest BCUT2D eigenvalue weighted by Gasteiger charge is 2.23. The molecule has 1 saturated carbocycles. The molecule has 1 unspecified atom stereocenters. The zero-order valence-electron chi connectivity index (χ0n) is 19.2. The number of methoxy groups -OCH3 is 1. The van der Waals surface area contributed by atoms with Gasteiger partial charge in [-0.05, 0) is 56.2 Å². The van der Waals surface area contributed by atoms with E-state index in [1.54, 1.807) is 50.4 Å². The first-order chi connectivity index (χ1) is 16.5. The van der Waals surface area contributed by atoms with Gasteiger partial charge in [-0.1, -0.05) is 43.2 Å². The molecule has 1 heterocycles. The van der Waals surface area contributed by atoms with Crippen molar-refractivity contribution >= 4 is 35.0 Å². The molecule has 1 fully saturated rings. The molecule has 9 heteroatoms. The fourth-order valence-corrected chi connectivity index (χ4v) is 4.57. The normalized spacial score (nSPS) is 14.9. The van der Waals surface area contributed by atoms with Crippen LogP contribution in [0.5, 0.6) is 5.75 Å². The summed E-state index contributed by atoms with van der Waals surface area (Å²) in [6, 6.07) is 13.9. The number of hydrogen-bond acceptors (Lipinski definition) is 7. The van der Waals surface area contributed by atoms with Gasteiger partial charge in [0.25, 0.3) is 11.1 Å². The second kappa shape index (κ2) is 11.2. The molecule has 1 aromatic heterocycles. The monoisotopic (exact) mass is 480 g/mol. The second-order valence-corrected chi connectivity index (χ2v) is 9.51. The lowest BCUT2D eigenvalue weighted by atomic mass is 9.89. The summed E-state index contributed by atoms with van der Waals surface area (Å²) in [5.74, 6) is 1.14. The van der Waals surface area contributed by atoms with Crippen LogP contribution in [-0.4, -0.2) is 34.4 Å². The van der Waals surface area contributed by atoms with Gasteiger partial charge in [0.15, 0.2) is 0 Å². The van der Waals surface area contributed by atoms with Gasteiger partial charge < -0.3 is 19.8 Å². The Morgan fingerprint density at radius 2 is 1.76 bits per heavy atom. The van der Waals surface area contributed by atoms with Crippen LogP contribution < -0.4 is 15.4 Å². The zero-order chi connectivity index (χ0) is 23.9. The van der Waals surface area contributed by atoms with E-state index in [1.165, 1.54) is 31.0 Å². The van der Waals surface area contributed by atoms with Crippen LogP contribution in [0.25, 0.3) is 0 Å². The van der Waals surface area contributed by atoms with Gasteiger partial charge in [0.05, 0.1) is 18.0 Å². The number of carbonyl (C=O) groups excluding carboxylic acids is 2. The molecule has 0 radical (unpaired) electrons. The molecule has 1 atom stereocenters. The summed E-state index contributed by atoms with van der Waals surface area (Å²) in [5.41, 5.74) is 1.65. The van der Waals surface area contributed by atoms with Crippen molar-refractivity contribution in [1.82, 2.24) is 10.2 Å². The van der Waals surface area contributed by atoms with Gasteiger partial charge in [-0.15, -0.1) is 10.2 Å². The topological polar surface area (TPSA) is 106 Å². The van der Waals surface area contributed by atoms with E-state index in [0.717, 1.165) is 12.8 Å². The van der Waals surface area contributed by atoms with Crippen molar-refractivity contribution < 1.29 is 18.7 Å². The van der Waals surface area contributed by atoms with Gasteiger partial charge in [-0.3, -0.25) is 9.59 Å². The summed E-state index contributed by atoms with van der Waals surface area (Å²) in [7, 11) is 1.55. The van der Waals surface area contributed by atoms with E-state index in [-0.39, 0.29) is 11.8 Å². The fraction of sp³-hybridized carbons (Fsp3) is 0.360. The van der Waals surface area contributed by atoms with E-state index < -0.39 is 5.25 Å². The first kappa shape index (κ1) is 23.8. The van der Waals surface area contributed by atoms with Crippen LogP contribution in [0.4, 0.5) is 11.4 Å². The highest BCUT2D eigenvalue weighted by atomic mass is 32.2. The number of anilines is 2. The fourth-order valence-electron chi connectivity index (χ4n) is 3.88. The molecule has 4 rings (SSSR count). The maximum Gasteiger partial charge on any atom is 0.277 e. The summed E-state index contributed by atoms with van der Waals surface area (Å²) in [4.78, 5) is 25.2. The highest BCUT2D eigenvalue weighted by Crippen LogP contribution is 2.33. The zero-order valence-corrected chi connectivity index (χ0v) is 20.1. The molecule has 0 aliphatic heterocycles. The number of aromatic nitrogens is 2. The number of carbonyl (C=O) groups is 2. The third-order valence-electron chi connectivity index (χ3n) is 5.79. The Balaban J connectivity index is 1.30. The minimum Gasteiger partial charge on any atom is -0.495 e. The quantitative estimate of drug-likeness (QED) is 0.410. The van der Waals surface area contributed by atoms with E-state index in [9.17, 15) is 9.59 Å². The number of ether oxygens (including phenoxy) is 1. The van der Waals surface area contributed by atoms with Gasteiger partial charge in [-0.25, -0.2) is 0 Å². The molecule has 1 aliphatic rings. The van der Waals surface area contributed by atoms with Gasteiger partial charge in [-0.2, -0.15) is 0 Å². The van der Waals surface area contributed by atoms with Crippen molar-refractivity contribution in [3.8, 4) is 5.75 Å². The first-order valence-corrected chi connectivity index (χ1v) is 12.3. The standard InChI is InChI=1S/C25H28N4O4S/c1-16(34-25-29-28-24(33-25)18-8-4-3-5-9-18)22(30)26-19-14-12-17(13-15-19)23(31)27-20-10-6-7-11-21(20)32-2/h6-7,10-16,18H,3-5,8-9H2,1-2H3,(H,26,30)(H,27,31). The Morgan fingerprint density at radius 1 is 1.03 bits per heavy atom. The van der Waals surface area contributed by atoms with Crippen LogP contribution in [0.1, 0.15) is 61.2 Å². The van der Waals surface area contributed by atoms with Crippen LogP contribution in [0.15, 0.2) is 58.2 Å². The van der Waals surface area contributed by atoms with Crippen LogP contribution in [-0.2, 0) is 4.79 Å². The number of benzene rings is 2. The summed E-state index contributed by atoms with van der Waals surface area (Å²) in [5, 5.41) is 14.0. The molecule has 2 amide bonds. The lowest BCUT2D eigenvalue weighted by Crippen LogP contribution is -2.22. The van der Waals surface area contributed by atoms with E-state index in [0.29, 0.717) is 39.7 Å². The Bertz CT molecular complexity index is 1130. The largest absolute Gasteiger partial charge is 0.495 e. The Labute approximate surface area is 202 Å². The molecule has 0 spiro atoms. The number of nitrogens with zero attached hydrogens (tertiary/aromatic N) is 2. The van der Waals surface area contributed by atoms with Gasteiger partial charge in [0.1, 0.15) is 5.75 Å². The van der Waals surface area contributed by atoms with Crippen molar-refractivity contribution in [2.45, 2.75) is 55.4 Å². The smallest absolute Gasteiger partial charge is 0.277 e. The molecule has 0 bridgehead atoms. The lowest BCUT2D eigenvalue weighted by molar-refractivity contribution is -0.115. The minimum atomic E-state index is -0.423. The molecular formula is C25H28N4O4S. The third kappa shape index (κ3) is 5.96.